The predicted octanol–water partition coefficient (Wildman–Crippen LogP) is 5.51. The highest BCUT2D eigenvalue weighted by atomic mass is 32.2. The molecule has 0 fully saturated rings. The minimum absolute atomic E-state index is 0.146. The smallest absolute Gasteiger partial charge is 0.243 e. The summed E-state index contributed by atoms with van der Waals surface area (Å²) in [6.07, 6.45) is 1.85. The van der Waals surface area contributed by atoms with Gasteiger partial charge in [-0.15, -0.1) is 0 Å². The zero-order valence-electron chi connectivity index (χ0n) is 23.1. The largest absolute Gasteiger partial charge is 0.497 e. The Morgan fingerprint density at radius 1 is 0.974 bits per heavy atom. The van der Waals surface area contributed by atoms with Gasteiger partial charge in [-0.1, -0.05) is 23.8 Å². The molecule has 204 valence electrons. The Kier molecular flexibility index (Phi) is 8.22. The van der Waals surface area contributed by atoms with Crippen molar-refractivity contribution < 1.29 is 17.9 Å². The van der Waals surface area contributed by atoms with Crippen LogP contribution in [-0.4, -0.2) is 47.9 Å². The van der Waals surface area contributed by atoms with Gasteiger partial charge in [-0.25, -0.2) is 13.4 Å². The van der Waals surface area contributed by atoms with Crippen molar-refractivity contribution in [3.05, 3.63) is 89.6 Å². The second-order valence-electron chi connectivity index (χ2n) is 9.82. The number of methoxy groups -OCH3 is 1. The van der Waals surface area contributed by atoms with Gasteiger partial charge in [0.05, 0.1) is 24.2 Å². The van der Waals surface area contributed by atoms with E-state index in [1.807, 2.05) is 69.4 Å². The summed E-state index contributed by atoms with van der Waals surface area (Å²) in [5.41, 5.74) is 5.52. The monoisotopic (exact) mass is 546 g/mol. The number of sulfonamides is 1. The van der Waals surface area contributed by atoms with Crippen molar-refractivity contribution >= 4 is 21.9 Å². The van der Waals surface area contributed by atoms with E-state index in [-0.39, 0.29) is 11.4 Å². The van der Waals surface area contributed by atoms with Gasteiger partial charge in [0.25, 0.3) is 0 Å². The Labute approximate surface area is 230 Å². The van der Waals surface area contributed by atoms with Gasteiger partial charge in [0.2, 0.25) is 21.9 Å². The van der Waals surface area contributed by atoms with Gasteiger partial charge >= 0.3 is 0 Å². The molecule has 8 nitrogen and oxygen atoms in total. The van der Waals surface area contributed by atoms with Crippen LogP contribution in [0.3, 0.4) is 0 Å². The van der Waals surface area contributed by atoms with E-state index >= 15 is 0 Å². The molecule has 39 heavy (non-hydrogen) atoms. The lowest BCUT2D eigenvalue weighted by molar-refractivity contribution is -0.116. The zero-order chi connectivity index (χ0) is 28.3. The third-order valence-corrected chi connectivity index (χ3v) is 8.65. The summed E-state index contributed by atoms with van der Waals surface area (Å²) in [6.45, 7) is 9.09. The molecule has 9 heteroatoms. The summed E-state index contributed by atoms with van der Waals surface area (Å²) in [7, 11) is -2.28. The van der Waals surface area contributed by atoms with Gasteiger partial charge in [0.15, 0.2) is 0 Å². The number of hydrogen-bond acceptors (Lipinski definition) is 5. The summed E-state index contributed by atoms with van der Waals surface area (Å²) in [5.74, 6) is 0.534. The maximum absolute atomic E-state index is 13.4. The van der Waals surface area contributed by atoms with E-state index < -0.39 is 22.0 Å². The van der Waals surface area contributed by atoms with Gasteiger partial charge in [-0.2, -0.15) is 4.31 Å². The quantitative estimate of drug-likeness (QED) is 0.299. The molecule has 0 aliphatic rings. The first-order valence-electron chi connectivity index (χ1n) is 12.7. The van der Waals surface area contributed by atoms with Crippen LogP contribution in [0.2, 0.25) is 0 Å². The number of carbonyl (C=O) groups is 1. The van der Waals surface area contributed by atoms with E-state index in [1.165, 1.54) is 4.31 Å². The van der Waals surface area contributed by atoms with Crippen molar-refractivity contribution in [2.75, 3.05) is 19.0 Å². The first-order chi connectivity index (χ1) is 18.5. The molecule has 1 heterocycles. The number of nitrogens with zero attached hydrogens (tertiary/aromatic N) is 3. The molecule has 1 N–H and O–H groups in total. The minimum Gasteiger partial charge on any atom is -0.497 e. The van der Waals surface area contributed by atoms with Gasteiger partial charge in [-0.05, 0) is 94.3 Å². The standard InChI is InChI=1S/C30H34N4O4S/c1-20(2)34(39(36,37)27-15-7-21(3)8-16-27)19-29(35)32-30-31-28(24-10-13-26(38-6)14-11-24)18-33(30)25-12-9-22(4)23(5)17-25/h7-18,20H,19H2,1-6H3,(H,31,32,35). The van der Waals surface area contributed by atoms with Gasteiger partial charge in [0, 0.05) is 23.5 Å². The number of aromatic nitrogens is 2. The Morgan fingerprint density at radius 3 is 2.23 bits per heavy atom. The fourth-order valence-electron chi connectivity index (χ4n) is 4.14. The highest BCUT2D eigenvalue weighted by Crippen LogP contribution is 2.27. The molecule has 0 spiro atoms. The third-order valence-electron chi connectivity index (χ3n) is 6.61. The molecule has 0 aliphatic carbocycles. The zero-order valence-corrected chi connectivity index (χ0v) is 23.9. The van der Waals surface area contributed by atoms with Crippen LogP contribution in [0.4, 0.5) is 5.95 Å². The lowest BCUT2D eigenvalue weighted by Gasteiger charge is -2.25. The topological polar surface area (TPSA) is 93.5 Å². The molecule has 4 aromatic rings. The summed E-state index contributed by atoms with van der Waals surface area (Å²) >= 11 is 0. The first-order valence-corrected chi connectivity index (χ1v) is 14.1. The van der Waals surface area contributed by atoms with E-state index in [9.17, 15) is 13.2 Å². The summed E-state index contributed by atoms with van der Waals surface area (Å²) in [6, 6.07) is 19.6. The number of aryl methyl sites for hydroxylation is 3. The fourth-order valence-corrected chi connectivity index (χ4v) is 5.73. The second kappa shape index (κ2) is 11.4. The van der Waals surface area contributed by atoms with Crippen LogP contribution in [0.15, 0.2) is 77.8 Å². The average Bonchev–Trinajstić information content (AvgIpc) is 3.32. The molecule has 0 radical (unpaired) electrons. The highest BCUT2D eigenvalue weighted by molar-refractivity contribution is 7.89. The predicted molar refractivity (Wildman–Crippen MR) is 154 cm³/mol. The molecule has 0 atom stereocenters. The van der Waals surface area contributed by atoms with Gasteiger partial charge in [0.1, 0.15) is 5.75 Å². The van der Waals surface area contributed by atoms with E-state index in [0.29, 0.717) is 11.6 Å². The number of rotatable bonds is 9. The number of imidazole rings is 1. The molecule has 1 aromatic heterocycles. The van der Waals surface area contributed by atoms with Crippen molar-refractivity contribution in [3.63, 3.8) is 0 Å². The SMILES string of the molecule is COc1ccc(-c2cn(-c3ccc(C)c(C)c3)c(NC(=O)CN(C(C)C)S(=O)(=O)c3ccc(C)cc3)n2)cc1. The summed E-state index contributed by atoms with van der Waals surface area (Å²) < 4.78 is 35.0. The highest BCUT2D eigenvalue weighted by Gasteiger charge is 2.29. The van der Waals surface area contributed by atoms with E-state index in [0.717, 1.165) is 33.7 Å². The average molecular weight is 547 g/mol. The van der Waals surface area contributed by atoms with Crippen LogP contribution < -0.4 is 10.1 Å². The minimum atomic E-state index is -3.89. The number of benzene rings is 3. The Hall–Kier alpha value is -3.95. The lowest BCUT2D eigenvalue weighted by atomic mass is 10.1. The maximum Gasteiger partial charge on any atom is 0.243 e. The lowest BCUT2D eigenvalue weighted by Crippen LogP contribution is -2.42. The molecule has 1 amide bonds. The number of anilines is 1. The van der Waals surface area contributed by atoms with E-state index in [4.69, 9.17) is 9.72 Å². The molecule has 0 saturated heterocycles. The summed E-state index contributed by atoms with van der Waals surface area (Å²) in [4.78, 5) is 18.2. The van der Waals surface area contributed by atoms with Gasteiger partial charge in [-0.3, -0.25) is 14.7 Å². The van der Waals surface area contributed by atoms with E-state index in [1.54, 1.807) is 49.8 Å². The number of amides is 1. The Morgan fingerprint density at radius 2 is 1.64 bits per heavy atom. The van der Waals surface area contributed by atoms with Crippen LogP contribution in [0, 0.1) is 20.8 Å². The van der Waals surface area contributed by atoms with Crippen LogP contribution in [-0.2, 0) is 14.8 Å². The van der Waals surface area contributed by atoms with Crippen LogP contribution in [0.25, 0.3) is 16.9 Å². The number of hydrogen-bond donors (Lipinski definition) is 1. The molecule has 3 aromatic carbocycles. The Bertz CT molecular complexity index is 1570. The van der Waals surface area contributed by atoms with Crippen molar-refractivity contribution in [2.45, 2.75) is 45.6 Å². The van der Waals surface area contributed by atoms with Crippen molar-refractivity contribution in [1.29, 1.82) is 0 Å². The van der Waals surface area contributed by atoms with Crippen molar-refractivity contribution in [1.82, 2.24) is 13.9 Å². The second-order valence-corrected chi connectivity index (χ2v) is 11.7. The first kappa shape index (κ1) is 28.1. The number of nitrogens with one attached hydrogen (secondary N) is 1. The molecule has 0 unspecified atom stereocenters. The number of ether oxygens (including phenoxy) is 1. The fraction of sp³-hybridized carbons (Fsp3) is 0.267. The molecule has 0 bridgehead atoms. The number of carbonyl (C=O) groups excluding carboxylic acids is 1. The maximum atomic E-state index is 13.4. The van der Waals surface area contributed by atoms with Crippen molar-refractivity contribution in [3.8, 4) is 22.7 Å². The van der Waals surface area contributed by atoms with Crippen molar-refractivity contribution in [2.24, 2.45) is 0 Å². The molecule has 4 rings (SSSR count). The Balaban J connectivity index is 1.67. The van der Waals surface area contributed by atoms with E-state index in [2.05, 4.69) is 5.32 Å². The normalized spacial score (nSPS) is 11.7. The molecular weight excluding hydrogens is 512 g/mol. The van der Waals surface area contributed by atoms with Crippen LogP contribution in [0.1, 0.15) is 30.5 Å². The third kappa shape index (κ3) is 6.21. The van der Waals surface area contributed by atoms with Crippen LogP contribution >= 0.6 is 0 Å². The van der Waals surface area contributed by atoms with Crippen LogP contribution in [0.5, 0.6) is 5.75 Å². The van der Waals surface area contributed by atoms with Gasteiger partial charge < -0.3 is 4.74 Å². The summed E-state index contributed by atoms with van der Waals surface area (Å²) in [5, 5.41) is 2.86. The molecular formula is C30H34N4O4S. The molecule has 0 aliphatic heterocycles. The molecule has 0 saturated carbocycles.